The highest BCUT2D eigenvalue weighted by Gasteiger charge is 2.17. The first-order valence-electron chi connectivity index (χ1n) is 5.03. The highest BCUT2D eigenvalue weighted by Crippen LogP contribution is 2.27. The molecule has 1 unspecified atom stereocenters. The zero-order chi connectivity index (χ0) is 12.8. The Hall–Kier alpha value is -1.54. The molecule has 0 bridgehead atoms. The second kappa shape index (κ2) is 6.26. The van der Waals surface area contributed by atoms with Gasteiger partial charge in [-0.25, -0.2) is 4.39 Å². The van der Waals surface area contributed by atoms with Gasteiger partial charge in [-0.15, -0.1) is 11.8 Å². The van der Waals surface area contributed by atoms with E-state index in [1.165, 1.54) is 6.07 Å². The van der Waals surface area contributed by atoms with E-state index in [1.807, 2.05) is 6.07 Å². The third-order valence-corrected chi connectivity index (χ3v) is 3.06. The van der Waals surface area contributed by atoms with Crippen molar-refractivity contribution in [2.75, 3.05) is 6.61 Å². The van der Waals surface area contributed by atoms with E-state index < -0.39 is 11.1 Å². The van der Waals surface area contributed by atoms with E-state index in [2.05, 4.69) is 6.07 Å². The van der Waals surface area contributed by atoms with Crippen LogP contribution in [-0.4, -0.2) is 17.8 Å². The van der Waals surface area contributed by atoms with Crippen molar-refractivity contribution in [2.24, 2.45) is 0 Å². The number of nitrogens with zero attached hydrogens (tertiary/aromatic N) is 1. The summed E-state index contributed by atoms with van der Waals surface area (Å²) in [5.74, 6) is -0.944. The molecule has 1 aromatic carbocycles. The van der Waals surface area contributed by atoms with Crippen molar-refractivity contribution in [3.8, 4) is 6.07 Å². The van der Waals surface area contributed by atoms with E-state index in [4.69, 9.17) is 10.00 Å². The van der Waals surface area contributed by atoms with Crippen LogP contribution in [-0.2, 0) is 9.53 Å². The lowest BCUT2D eigenvalue weighted by Crippen LogP contribution is -2.16. The number of rotatable bonds is 4. The van der Waals surface area contributed by atoms with Gasteiger partial charge in [-0.1, -0.05) is 0 Å². The highest BCUT2D eigenvalue weighted by molar-refractivity contribution is 8.00. The van der Waals surface area contributed by atoms with Gasteiger partial charge in [0.15, 0.2) is 0 Å². The molecule has 89 valence electrons. The number of hydrogen-bond donors (Lipinski definition) is 0. The fraction of sp³-hybridized carbons (Fsp3) is 0.333. The summed E-state index contributed by atoms with van der Waals surface area (Å²) in [5, 5.41) is 8.39. The summed E-state index contributed by atoms with van der Waals surface area (Å²) in [7, 11) is 0. The third-order valence-electron chi connectivity index (χ3n) is 1.92. The van der Waals surface area contributed by atoms with Crippen molar-refractivity contribution in [2.45, 2.75) is 24.0 Å². The predicted molar refractivity (Wildman–Crippen MR) is 61.9 cm³/mol. The molecule has 0 N–H and O–H groups in total. The largest absolute Gasteiger partial charge is 0.465 e. The van der Waals surface area contributed by atoms with Crippen LogP contribution in [0.4, 0.5) is 4.39 Å². The van der Waals surface area contributed by atoms with Crippen LogP contribution < -0.4 is 0 Å². The van der Waals surface area contributed by atoms with Gasteiger partial charge in [0.1, 0.15) is 17.1 Å². The van der Waals surface area contributed by atoms with E-state index in [0.29, 0.717) is 11.5 Å². The third kappa shape index (κ3) is 3.75. The van der Waals surface area contributed by atoms with Gasteiger partial charge in [0.25, 0.3) is 0 Å². The van der Waals surface area contributed by atoms with Crippen molar-refractivity contribution >= 4 is 17.7 Å². The fourth-order valence-corrected chi connectivity index (χ4v) is 2.04. The second-order valence-corrected chi connectivity index (χ2v) is 4.57. The van der Waals surface area contributed by atoms with E-state index >= 15 is 0 Å². The molecule has 0 aliphatic carbocycles. The lowest BCUT2D eigenvalue weighted by Gasteiger charge is -2.10. The standard InChI is InChI=1S/C12H11FNO2S/c1-3-16-12(15)8(2)17-11-5-4-10(13)6-9(11)7-14/h5-6,8H,3H2,1-2H3. The predicted octanol–water partition coefficient (Wildman–Crippen LogP) is 2.54. The molecule has 0 saturated carbocycles. The molecule has 1 aromatic rings. The molecule has 5 heteroatoms. The number of halogens is 1. The van der Waals surface area contributed by atoms with E-state index in [1.54, 1.807) is 13.8 Å². The van der Waals surface area contributed by atoms with Crippen LogP contribution in [0, 0.1) is 23.2 Å². The van der Waals surface area contributed by atoms with Crippen molar-refractivity contribution in [1.82, 2.24) is 0 Å². The number of carbonyl (C=O) groups excluding carboxylic acids is 1. The zero-order valence-electron chi connectivity index (χ0n) is 9.49. The van der Waals surface area contributed by atoms with Crippen molar-refractivity contribution in [3.63, 3.8) is 0 Å². The number of nitriles is 1. The zero-order valence-corrected chi connectivity index (χ0v) is 10.3. The van der Waals surface area contributed by atoms with Crippen LogP contribution in [0.1, 0.15) is 19.4 Å². The summed E-state index contributed by atoms with van der Waals surface area (Å²) < 4.78 is 17.7. The average Bonchev–Trinajstić information content (AvgIpc) is 2.31. The maximum atomic E-state index is 12.8. The van der Waals surface area contributed by atoms with Crippen molar-refractivity contribution in [3.05, 3.63) is 29.6 Å². The Morgan fingerprint density at radius 3 is 3.06 bits per heavy atom. The summed E-state index contributed by atoms with van der Waals surface area (Å²) in [6.07, 6.45) is 0. The molecular weight excluding hydrogens is 241 g/mol. The van der Waals surface area contributed by atoms with Crippen LogP contribution in [0.2, 0.25) is 0 Å². The molecule has 0 saturated heterocycles. The summed E-state index contributed by atoms with van der Waals surface area (Å²) in [5.41, 5.74) is 0.197. The lowest BCUT2D eigenvalue weighted by atomic mass is 10.2. The smallest absolute Gasteiger partial charge is 0.319 e. The molecule has 0 aliphatic rings. The molecular formula is C12H11FNO2S. The highest BCUT2D eigenvalue weighted by atomic mass is 32.2. The molecule has 0 aromatic heterocycles. The topological polar surface area (TPSA) is 50.1 Å². The summed E-state index contributed by atoms with van der Waals surface area (Å²) >= 11 is 1.16. The molecule has 1 radical (unpaired) electrons. The number of hydrogen-bond acceptors (Lipinski definition) is 4. The van der Waals surface area contributed by atoms with Gasteiger partial charge < -0.3 is 4.74 Å². The van der Waals surface area contributed by atoms with E-state index in [0.717, 1.165) is 17.8 Å². The Bertz CT molecular complexity index is 456. The first kappa shape index (κ1) is 13.5. The van der Waals surface area contributed by atoms with Crippen molar-refractivity contribution in [1.29, 1.82) is 5.26 Å². The van der Waals surface area contributed by atoms with Gasteiger partial charge in [0.2, 0.25) is 0 Å². The van der Waals surface area contributed by atoms with Gasteiger partial charge in [0, 0.05) is 11.0 Å². The fourth-order valence-electron chi connectivity index (χ4n) is 1.13. The van der Waals surface area contributed by atoms with Gasteiger partial charge >= 0.3 is 5.97 Å². The molecule has 0 spiro atoms. The maximum absolute atomic E-state index is 12.8. The normalized spacial score (nSPS) is 11.6. The van der Waals surface area contributed by atoms with Crippen LogP contribution in [0.15, 0.2) is 17.0 Å². The Labute approximate surface area is 104 Å². The molecule has 0 amide bonds. The Morgan fingerprint density at radius 2 is 2.47 bits per heavy atom. The van der Waals surface area contributed by atoms with Crippen LogP contribution in [0.5, 0.6) is 0 Å². The molecule has 0 heterocycles. The number of ether oxygens (including phenoxy) is 1. The summed E-state index contributed by atoms with van der Waals surface area (Å²) in [6, 6.07) is 6.71. The van der Waals surface area contributed by atoms with Gasteiger partial charge in [-0.3, -0.25) is 4.79 Å². The number of benzene rings is 1. The Morgan fingerprint density at radius 1 is 1.76 bits per heavy atom. The lowest BCUT2D eigenvalue weighted by molar-refractivity contribution is -0.142. The molecule has 3 nitrogen and oxygen atoms in total. The second-order valence-electron chi connectivity index (χ2n) is 3.18. The number of esters is 1. The van der Waals surface area contributed by atoms with Gasteiger partial charge in [-0.05, 0) is 26.0 Å². The quantitative estimate of drug-likeness (QED) is 0.610. The summed E-state index contributed by atoms with van der Waals surface area (Å²) in [6.45, 7) is 3.71. The number of carbonyl (C=O) groups is 1. The Kier molecular flexibility index (Phi) is 4.98. The first-order valence-corrected chi connectivity index (χ1v) is 5.91. The Balaban J connectivity index is 2.82. The minimum Gasteiger partial charge on any atom is -0.465 e. The molecule has 1 atom stereocenters. The minimum absolute atomic E-state index is 0.197. The van der Waals surface area contributed by atoms with E-state index in [9.17, 15) is 9.18 Å². The number of thioether (sulfide) groups is 1. The van der Waals surface area contributed by atoms with Crippen LogP contribution in [0.25, 0.3) is 0 Å². The summed E-state index contributed by atoms with van der Waals surface area (Å²) in [4.78, 5) is 11.9. The molecule has 0 fully saturated rings. The average molecular weight is 252 g/mol. The monoisotopic (exact) mass is 252 g/mol. The SMILES string of the molecule is CCOC(=O)C(C)Sc1c[c]c(F)cc1C#N. The van der Waals surface area contributed by atoms with Crippen molar-refractivity contribution < 1.29 is 13.9 Å². The maximum Gasteiger partial charge on any atom is 0.319 e. The molecule has 1 rings (SSSR count). The minimum atomic E-state index is -0.588. The molecule has 17 heavy (non-hydrogen) atoms. The van der Waals surface area contributed by atoms with Crippen LogP contribution in [0.3, 0.4) is 0 Å². The van der Waals surface area contributed by atoms with Gasteiger partial charge in [-0.2, -0.15) is 5.26 Å². The van der Waals surface area contributed by atoms with E-state index in [-0.39, 0.29) is 11.5 Å². The van der Waals surface area contributed by atoms with Gasteiger partial charge in [0.05, 0.1) is 12.2 Å². The first-order chi connectivity index (χ1) is 8.08. The van der Waals surface area contributed by atoms with Crippen LogP contribution >= 0.6 is 11.8 Å². The molecule has 0 aliphatic heterocycles.